The van der Waals surface area contributed by atoms with E-state index in [1.165, 1.54) is 19.1 Å². The number of phenols is 1. The SMILES string of the molecule is CC(N)=O.Cc1[nH]c2ccc(O)cc2c1C(=O)O. The fourth-order valence-electron chi connectivity index (χ4n) is 1.59. The fraction of sp³-hybridized carbons (Fsp3) is 0.167. The van der Waals surface area contributed by atoms with E-state index >= 15 is 0 Å². The number of nitrogens with one attached hydrogen (secondary N) is 1. The van der Waals surface area contributed by atoms with E-state index in [1.54, 1.807) is 13.0 Å². The highest BCUT2D eigenvalue weighted by Crippen LogP contribution is 2.25. The number of benzene rings is 1. The number of aromatic carboxylic acids is 1. The largest absolute Gasteiger partial charge is 0.508 e. The molecule has 0 saturated carbocycles. The third-order valence-electron chi connectivity index (χ3n) is 2.18. The summed E-state index contributed by atoms with van der Waals surface area (Å²) in [4.78, 5) is 23.1. The predicted octanol–water partition coefficient (Wildman–Crippen LogP) is 1.37. The Morgan fingerprint density at radius 2 is 1.89 bits per heavy atom. The van der Waals surface area contributed by atoms with Crippen molar-refractivity contribution in [2.24, 2.45) is 5.73 Å². The molecule has 1 aromatic heterocycles. The molecular formula is C12H14N2O4. The molecule has 0 spiro atoms. The van der Waals surface area contributed by atoms with Crippen LogP contribution in [0.4, 0.5) is 0 Å². The highest BCUT2D eigenvalue weighted by atomic mass is 16.4. The van der Waals surface area contributed by atoms with Gasteiger partial charge in [0.15, 0.2) is 0 Å². The molecule has 1 heterocycles. The number of hydrogen-bond acceptors (Lipinski definition) is 3. The fourth-order valence-corrected chi connectivity index (χ4v) is 1.59. The van der Waals surface area contributed by atoms with Gasteiger partial charge in [0.25, 0.3) is 0 Å². The van der Waals surface area contributed by atoms with E-state index in [9.17, 15) is 14.7 Å². The first-order valence-corrected chi connectivity index (χ1v) is 5.13. The van der Waals surface area contributed by atoms with Crippen molar-refractivity contribution in [2.45, 2.75) is 13.8 Å². The molecule has 6 heteroatoms. The Labute approximate surface area is 103 Å². The number of nitrogens with two attached hydrogens (primary N) is 1. The van der Waals surface area contributed by atoms with Crippen LogP contribution in [0.1, 0.15) is 23.0 Å². The maximum atomic E-state index is 10.9. The summed E-state index contributed by atoms with van der Waals surface area (Å²) < 4.78 is 0. The van der Waals surface area contributed by atoms with Crippen LogP contribution in [0.15, 0.2) is 18.2 Å². The zero-order valence-corrected chi connectivity index (χ0v) is 10.0. The average Bonchev–Trinajstić information content (AvgIpc) is 2.52. The molecule has 0 aliphatic rings. The van der Waals surface area contributed by atoms with Crippen LogP contribution < -0.4 is 5.73 Å². The van der Waals surface area contributed by atoms with Gasteiger partial charge in [0.1, 0.15) is 5.75 Å². The van der Waals surface area contributed by atoms with Crippen LogP contribution in [0.25, 0.3) is 10.9 Å². The molecule has 0 unspecified atom stereocenters. The van der Waals surface area contributed by atoms with Gasteiger partial charge in [-0.2, -0.15) is 0 Å². The summed E-state index contributed by atoms with van der Waals surface area (Å²) in [5, 5.41) is 18.7. The third-order valence-corrected chi connectivity index (χ3v) is 2.18. The van der Waals surface area contributed by atoms with E-state index in [4.69, 9.17) is 5.11 Å². The number of phenolic OH excluding ortho intramolecular Hbond substituents is 1. The van der Waals surface area contributed by atoms with Gasteiger partial charge in [-0.3, -0.25) is 4.79 Å². The van der Waals surface area contributed by atoms with Crippen molar-refractivity contribution in [3.8, 4) is 5.75 Å². The van der Waals surface area contributed by atoms with E-state index in [2.05, 4.69) is 10.7 Å². The molecule has 96 valence electrons. The van der Waals surface area contributed by atoms with Gasteiger partial charge >= 0.3 is 5.97 Å². The van der Waals surface area contributed by atoms with Crippen molar-refractivity contribution in [2.75, 3.05) is 0 Å². The first kappa shape index (κ1) is 13.6. The lowest BCUT2D eigenvalue weighted by molar-refractivity contribution is -0.115. The Bertz CT molecular complexity index is 597. The van der Waals surface area contributed by atoms with Gasteiger partial charge in [-0.1, -0.05) is 0 Å². The second-order valence-electron chi connectivity index (χ2n) is 3.77. The summed E-state index contributed by atoms with van der Waals surface area (Å²) in [7, 11) is 0. The van der Waals surface area contributed by atoms with Crippen LogP contribution in [-0.4, -0.2) is 27.1 Å². The monoisotopic (exact) mass is 250 g/mol. The number of hydrogen-bond donors (Lipinski definition) is 4. The zero-order valence-electron chi connectivity index (χ0n) is 10.0. The smallest absolute Gasteiger partial charge is 0.338 e. The molecule has 0 bridgehead atoms. The quantitative estimate of drug-likeness (QED) is 0.611. The Morgan fingerprint density at radius 3 is 2.39 bits per heavy atom. The minimum Gasteiger partial charge on any atom is -0.508 e. The number of primary amides is 1. The second kappa shape index (κ2) is 5.22. The number of aromatic amines is 1. The first-order valence-electron chi connectivity index (χ1n) is 5.13. The molecule has 0 fully saturated rings. The number of carbonyl (C=O) groups excluding carboxylic acids is 1. The molecule has 1 amide bonds. The maximum absolute atomic E-state index is 10.9. The molecule has 18 heavy (non-hydrogen) atoms. The average molecular weight is 250 g/mol. The van der Waals surface area contributed by atoms with E-state index < -0.39 is 5.97 Å². The molecule has 6 nitrogen and oxygen atoms in total. The molecule has 5 N–H and O–H groups in total. The van der Waals surface area contributed by atoms with Crippen molar-refractivity contribution in [1.82, 2.24) is 4.98 Å². The molecule has 0 atom stereocenters. The molecule has 2 aromatic rings. The minimum absolute atomic E-state index is 0.0685. The standard InChI is InChI=1S/C10H9NO3.C2H5NO/c1-5-9(10(13)14)7-4-6(12)2-3-8(7)11-5;1-2(3)4/h2-4,11-12H,1H3,(H,13,14);1H3,(H2,3,4). The van der Waals surface area contributed by atoms with Gasteiger partial charge in [0.2, 0.25) is 5.91 Å². The molecule has 0 radical (unpaired) electrons. The van der Waals surface area contributed by atoms with Crippen LogP contribution in [-0.2, 0) is 4.79 Å². The van der Waals surface area contributed by atoms with Gasteiger partial charge in [0.05, 0.1) is 5.56 Å². The summed E-state index contributed by atoms with van der Waals surface area (Å²) in [6.45, 7) is 3.00. The molecule has 0 aliphatic heterocycles. The van der Waals surface area contributed by atoms with E-state index in [0.717, 1.165) is 5.52 Å². The lowest BCUT2D eigenvalue weighted by atomic mass is 10.1. The van der Waals surface area contributed by atoms with Crippen molar-refractivity contribution < 1.29 is 19.8 Å². The number of carboxylic acids is 1. The number of H-pyrrole nitrogens is 1. The molecule has 1 aromatic carbocycles. The van der Waals surface area contributed by atoms with Gasteiger partial charge < -0.3 is 20.9 Å². The Hall–Kier alpha value is -2.50. The topological polar surface area (TPSA) is 116 Å². The number of carbonyl (C=O) groups is 2. The first-order chi connectivity index (χ1) is 8.32. The van der Waals surface area contributed by atoms with Gasteiger partial charge in [-0.25, -0.2) is 4.79 Å². The van der Waals surface area contributed by atoms with Crippen molar-refractivity contribution >= 4 is 22.8 Å². The third kappa shape index (κ3) is 3.00. The molecule has 2 rings (SSSR count). The Kier molecular flexibility index (Phi) is 3.93. The minimum atomic E-state index is -0.987. The number of rotatable bonds is 1. The molecule has 0 aliphatic carbocycles. The van der Waals surface area contributed by atoms with Gasteiger partial charge in [-0.15, -0.1) is 0 Å². The number of aryl methyl sites for hydroxylation is 1. The molecular weight excluding hydrogens is 236 g/mol. The normalized spacial score (nSPS) is 9.67. The Morgan fingerprint density at radius 1 is 1.33 bits per heavy atom. The predicted molar refractivity (Wildman–Crippen MR) is 66.5 cm³/mol. The lowest BCUT2D eigenvalue weighted by Gasteiger charge is -1.94. The summed E-state index contributed by atoms with van der Waals surface area (Å²) in [5.41, 5.74) is 6.01. The van der Waals surface area contributed by atoms with E-state index in [0.29, 0.717) is 11.1 Å². The maximum Gasteiger partial charge on any atom is 0.338 e. The number of carboxylic acid groups (broad SMARTS) is 1. The summed E-state index contributed by atoms with van der Waals surface area (Å²) in [6, 6.07) is 4.62. The van der Waals surface area contributed by atoms with Crippen LogP contribution >= 0.6 is 0 Å². The van der Waals surface area contributed by atoms with Crippen molar-refractivity contribution in [1.29, 1.82) is 0 Å². The summed E-state index contributed by atoms with van der Waals surface area (Å²) in [5.74, 6) is -1.25. The zero-order chi connectivity index (χ0) is 13.9. The van der Waals surface area contributed by atoms with Gasteiger partial charge in [0, 0.05) is 23.5 Å². The lowest BCUT2D eigenvalue weighted by Crippen LogP contribution is -2.01. The molecule has 0 saturated heterocycles. The highest BCUT2D eigenvalue weighted by molar-refractivity contribution is 6.05. The summed E-state index contributed by atoms with van der Waals surface area (Å²) in [6.07, 6.45) is 0. The second-order valence-corrected chi connectivity index (χ2v) is 3.77. The Balaban J connectivity index is 0.000000357. The van der Waals surface area contributed by atoms with Crippen molar-refractivity contribution in [3.05, 3.63) is 29.5 Å². The summed E-state index contributed by atoms with van der Waals surface area (Å²) >= 11 is 0. The number of aromatic nitrogens is 1. The number of fused-ring (bicyclic) bond motifs is 1. The van der Waals surface area contributed by atoms with Crippen molar-refractivity contribution in [3.63, 3.8) is 0 Å². The van der Waals surface area contributed by atoms with Crippen LogP contribution in [0.2, 0.25) is 0 Å². The number of aromatic hydroxyl groups is 1. The van der Waals surface area contributed by atoms with Gasteiger partial charge in [-0.05, 0) is 25.1 Å². The van der Waals surface area contributed by atoms with Crippen LogP contribution in [0.3, 0.4) is 0 Å². The van der Waals surface area contributed by atoms with E-state index in [1.807, 2.05) is 0 Å². The van der Waals surface area contributed by atoms with Crippen LogP contribution in [0.5, 0.6) is 5.75 Å². The van der Waals surface area contributed by atoms with E-state index in [-0.39, 0.29) is 17.2 Å². The highest BCUT2D eigenvalue weighted by Gasteiger charge is 2.14. The number of amides is 1. The van der Waals surface area contributed by atoms with Crippen LogP contribution in [0, 0.1) is 6.92 Å².